The van der Waals surface area contributed by atoms with Crippen LogP contribution in [-0.2, 0) is 9.59 Å². The number of carbonyl (C=O) groups is 2. The predicted octanol–water partition coefficient (Wildman–Crippen LogP) is 5.36. The summed E-state index contributed by atoms with van der Waals surface area (Å²) in [4.78, 5) is 22.7. The maximum atomic E-state index is 12.2. The summed E-state index contributed by atoms with van der Waals surface area (Å²) in [6, 6.07) is 8.21. The van der Waals surface area contributed by atoms with Gasteiger partial charge in [-0.05, 0) is 42.4 Å². The molecule has 0 aliphatic heterocycles. The number of hydrogen-bond acceptors (Lipinski definition) is 2. The number of carbonyl (C=O) groups excluding carboxylic acids is 1. The Morgan fingerprint density at radius 3 is 2.72 bits per heavy atom. The number of rotatable bonds is 10. The van der Waals surface area contributed by atoms with Crippen molar-refractivity contribution in [2.45, 2.75) is 51.4 Å². The van der Waals surface area contributed by atoms with Gasteiger partial charge in [0, 0.05) is 18.8 Å². The van der Waals surface area contributed by atoms with E-state index in [1.54, 1.807) is 0 Å². The van der Waals surface area contributed by atoms with Crippen LogP contribution in [0.5, 0.6) is 0 Å². The van der Waals surface area contributed by atoms with Crippen LogP contribution in [0.3, 0.4) is 0 Å². The molecule has 1 aromatic rings. The normalized spacial score (nSPS) is 20.2. The second kappa shape index (κ2) is 9.97. The second-order valence-corrected chi connectivity index (χ2v) is 6.86. The lowest BCUT2D eigenvalue weighted by atomic mass is 9.89. The number of allylic oxidation sites excluding steroid dienone is 1. The third-order valence-electron chi connectivity index (χ3n) is 4.99. The smallest absolute Gasteiger partial charge is 0.303 e. The summed E-state index contributed by atoms with van der Waals surface area (Å²) in [7, 11) is 0. The van der Waals surface area contributed by atoms with E-state index in [-0.39, 0.29) is 12.3 Å². The number of hydrogen-bond donors (Lipinski definition) is 1. The van der Waals surface area contributed by atoms with Crippen LogP contribution in [0.2, 0.25) is 0 Å². The highest BCUT2D eigenvalue weighted by atomic mass is 16.4. The summed E-state index contributed by atoms with van der Waals surface area (Å²) in [5.74, 6) is 0.133. The minimum Gasteiger partial charge on any atom is -0.481 e. The molecule has 134 valence electrons. The molecule has 1 aromatic carbocycles. The molecule has 2 rings (SSSR count). The highest BCUT2D eigenvalue weighted by Crippen LogP contribution is 2.34. The Balaban J connectivity index is 1.82. The first kappa shape index (κ1) is 19.2. The predicted molar refractivity (Wildman–Crippen MR) is 102 cm³/mol. The molecule has 1 aliphatic rings. The van der Waals surface area contributed by atoms with Gasteiger partial charge in [-0.3, -0.25) is 9.59 Å². The Morgan fingerprint density at radius 2 is 1.96 bits per heavy atom. The topological polar surface area (TPSA) is 54.4 Å². The molecular weight excluding hydrogens is 312 g/mol. The molecule has 2 atom stereocenters. The highest BCUT2D eigenvalue weighted by molar-refractivity contribution is 5.84. The number of ketones is 1. The third-order valence-corrected chi connectivity index (χ3v) is 4.99. The lowest BCUT2D eigenvalue weighted by Crippen LogP contribution is -2.13. The molecule has 1 saturated carbocycles. The fourth-order valence-corrected chi connectivity index (χ4v) is 3.56. The lowest BCUT2D eigenvalue weighted by molar-refractivity contribution is -0.137. The molecule has 3 heteroatoms. The quantitative estimate of drug-likeness (QED) is 0.583. The van der Waals surface area contributed by atoms with Crippen molar-refractivity contribution in [1.82, 2.24) is 0 Å². The standard InChI is InChI=1S/C22H28O3/c1-2-17-8-7-9-18(16-17)12-13-19-14-15-21(23)20(19)10-5-3-4-6-11-22(24)25/h2,7-9,12-13,16,19-20H,1,3-6,10-11,14-15H2,(H,24,25)/b13-12+. The zero-order valence-corrected chi connectivity index (χ0v) is 14.8. The summed E-state index contributed by atoms with van der Waals surface area (Å²) in [6.45, 7) is 3.79. The van der Waals surface area contributed by atoms with Crippen molar-refractivity contribution in [3.8, 4) is 0 Å². The molecule has 0 spiro atoms. The van der Waals surface area contributed by atoms with E-state index in [9.17, 15) is 9.59 Å². The van der Waals surface area contributed by atoms with Gasteiger partial charge in [0.25, 0.3) is 0 Å². The molecule has 25 heavy (non-hydrogen) atoms. The van der Waals surface area contributed by atoms with Gasteiger partial charge in [0.05, 0.1) is 0 Å². The molecule has 2 unspecified atom stereocenters. The monoisotopic (exact) mass is 340 g/mol. The Labute approximate surface area is 150 Å². The number of benzene rings is 1. The Kier molecular flexibility index (Phi) is 7.65. The van der Waals surface area contributed by atoms with Gasteiger partial charge >= 0.3 is 5.97 Å². The molecule has 0 bridgehead atoms. The van der Waals surface area contributed by atoms with Crippen LogP contribution in [0.25, 0.3) is 12.2 Å². The highest BCUT2D eigenvalue weighted by Gasteiger charge is 2.32. The van der Waals surface area contributed by atoms with Crippen LogP contribution in [0.4, 0.5) is 0 Å². The maximum absolute atomic E-state index is 12.2. The fraction of sp³-hybridized carbons (Fsp3) is 0.455. The van der Waals surface area contributed by atoms with Crippen LogP contribution < -0.4 is 0 Å². The van der Waals surface area contributed by atoms with Crippen molar-refractivity contribution in [3.05, 3.63) is 48.0 Å². The molecule has 1 aliphatic carbocycles. The van der Waals surface area contributed by atoms with E-state index in [2.05, 4.69) is 30.9 Å². The molecule has 0 radical (unpaired) electrons. The van der Waals surface area contributed by atoms with E-state index < -0.39 is 5.97 Å². The maximum Gasteiger partial charge on any atom is 0.303 e. The largest absolute Gasteiger partial charge is 0.481 e. The van der Waals surface area contributed by atoms with Gasteiger partial charge in [0.15, 0.2) is 0 Å². The molecule has 3 nitrogen and oxygen atoms in total. The Bertz CT molecular complexity index is 630. The third kappa shape index (κ3) is 6.33. The van der Waals surface area contributed by atoms with E-state index >= 15 is 0 Å². The van der Waals surface area contributed by atoms with E-state index in [1.165, 1.54) is 0 Å². The van der Waals surface area contributed by atoms with Crippen LogP contribution >= 0.6 is 0 Å². The molecule has 0 amide bonds. The van der Waals surface area contributed by atoms with E-state index in [1.807, 2.05) is 18.2 Å². The van der Waals surface area contributed by atoms with Crippen LogP contribution in [0.1, 0.15) is 62.5 Å². The van der Waals surface area contributed by atoms with Crippen molar-refractivity contribution in [2.75, 3.05) is 0 Å². The molecule has 0 heterocycles. The average molecular weight is 340 g/mol. The van der Waals surface area contributed by atoms with Gasteiger partial charge in [-0.1, -0.05) is 62.3 Å². The van der Waals surface area contributed by atoms with Crippen LogP contribution in [0.15, 0.2) is 36.9 Å². The zero-order valence-electron chi connectivity index (χ0n) is 14.8. The van der Waals surface area contributed by atoms with Crippen molar-refractivity contribution in [1.29, 1.82) is 0 Å². The molecular formula is C22H28O3. The SMILES string of the molecule is C=Cc1cccc(/C=C/C2CCC(=O)C2CCCCCCC(=O)O)c1. The van der Waals surface area contributed by atoms with Crippen molar-refractivity contribution in [3.63, 3.8) is 0 Å². The summed E-state index contributed by atoms with van der Waals surface area (Å²) >= 11 is 0. The van der Waals surface area contributed by atoms with Crippen molar-refractivity contribution in [2.24, 2.45) is 11.8 Å². The summed E-state index contributed by atoms with van der Waals surface area (Å²) in [5.41, 5.74) is 2.24. The van der Waals surface area contributed by atoms with E-state index in [0.717, 1.165) is 49.7 Å². The second-order valence-electron chi connectivity index (χ2n) is 6.86. The average Bonchev–Trinajstić information content (AvgIpc) is 2.96. The summed E-state index contributed by atoms with van der Waals surface area (Å²) in [6.07, 6.45) is 12.6. The molecule has 0 saturated heterocycles. The number of unbranched alkanes of at least 4 members (excludes halogenated alkanes) is 3. The lowest BCUT2D eigenvalue weighted by Gasteiger charge is -2.14. The van der Waals surface area contributed by atoms with Gasteiger partial charge in [-0.2, -0.15) is 0 Å². The van der Waals surface area contributed by atoms with Crippen molar-refractivity contribution >= 4 is 23.9 Å². The fourth-order valence-electron chi connectivity index (χ4n) is 3.56. The first-order chi connectivity index (χ1) is 12.1. The number of carboxylic acid groups (broad SMARTS) is 1. The van der Waals surface area contributed by atoms with Gasteiger partial charge in [0.1, 0.15) is 5.78 Å². The van der Waals surface area contributed by atoms with Gasteiger partial charge in [0.2, 0.25) is 0 Å². The van der Waals surface area contributed by atoms with Crippen molar-refractivity contribution < 1.29 is 14.7 Å². The minimum absolute atomic E-state index is 0.137. The molecule has 1 N–H and O–H groups in total. The number of carboxylic acids is 1. The van der Waals surface area contributed by atoms with E-state index in [0.29, 0.717) is 18.1 Å². The van der Waals surface area contributed by atoms with Gasteiger partial charge < -0.3 is 5.11 Å². The summed E-state index contributed by atoms with van der Waals surface area (Å²) in [5, 5.41) is 8.64. The van der Waals surface area contributed by atoms with E-state index in [4.69, 9.17) is 5.11 Å². The Hall–Kier alpha value is -2.16. The Morgan fingerprint density at radius 1 is 1.20 bits per heavy atom. The van der Waals surface area contributed by atoms with Gasteiger partial charge in [-0.25, -0.2) is 0 Å². The summed E-state index contributed by atoms with van der Waals surface area (Å²) < 4.78 is 0. The van der Waals surface area contributed by atoms with Crippen LogP contribution in [0, 0.1) is 11.8 Å². The zero-order chi connectivity index (χ0) is 18.1. The molecule has 1 fully saturated rings. The number of aliphatic carboxylic acids is 1. The van der Waals surface area contributed by atoms with Crippen LogP contribution in [-0.4, -0.2) is 16.9 Å². The first-order valence-corrected chi connectivity index (χ1v) is 9.25. The number of Topliss-reactive ketones (excluding diaryl/α,β-unsaturated/α-hetero) is 1. The molecule has 0 aromatic heterocycles. The van der Waals surface area contributed by atoms with Gasteiger partial charge in [-0.15, -0.1) is 0 Å². The first-order valence-electron chi connectivity index (χ1n) is 9.25. The minimum atomic E-state index is -0.725.